The molecule has 2 aromatic rings. The monoisotopic (exact) mass is 270 g/mol. The molecule has 1 heterocycles. The van der Waals surface area contributed by atoms with Gasteiger partial charge in [-0.3, -0.25) is 0 Å². The summed E-state index contributed by atoms with van der Waals surface area (Å²) in [7, 11) is 0. The van der Waals surface area contributed by atoms with Gasteiger partial charge in [-0.1, -0.05) is 0 Å². The van der Waals surface area contributed by atoms with Gasteiger partial charge in [0.1, 0.15) is 0 Å². The van der Waals surface area contributed by atoms with Crippen molar-refractivity contribution in [2.45, 2.75) is 6.92 Å². The van der Waals surface area contributed by atoms with Gasteiger partial charge in [-0.2, -0.15) is 0 Å². The molecule has 0 unspecified atom stereocenters. The number of ether oxygens (including phenoxy) is 1. The molecule has 4 nitrogen and oxygen atoms in total. The van der Waals surface area contributed by atoms with Crippen molar-refractivity contribution in [1.82, 2.24) is 3.98 Å². The first-order valence-electron chi connectivity index (χ1n) is 4.59. The van der Waals surface area contributed by atoms with Gasteiger partial charge in [0.25, 0.3) is 0 Å². The molecule has 0 aliphatic rings. The van der Waals surface area contributed by atoms with Crippen molar-refractivity contribution in [2.24, 2.45) is 0 Å². The van der Waals surface area contributed by atoms with Crippen LogP contribution in [0, 0.1) is 0 Å². The summed E-state index contributed by atoms with van der Waals surface area (Å²) < 4.78 is 10.3. The maximum absolute atomic E-state index is 11.2. The number of nitrogens with zero attached hydrogens (tertiary/aromatic N) is 1. The van der Waals surface area contributed by atoms with Gasteiger partial charge in [-0.15, -0.1) is 0 Å². The van der Waals surface area contributed by atoms with Crippen LogP contribution in [-0.2, 0) is 4.74 Å². The van der Waals surface area contributed by atoms with E-state index < -0.39 is 6.09 Å². The fraction of sp³-hybridized carbons (Fsp3) is 0.200. The molecule has 5 heteroatoms. The van der Waals surface area contributed by atoms with Gasteiger partial charge in [-0.05, 0) is 0 Å². The fourth-order valence-electron chi connectivity index (χ4n) is 1.24. The molecule has 1 amide bonds. The average Bonchev–Trinajstić information content (AvgIpc) is 2.62. The molecule has 0 radical (unpaired) electrons. The van der Waals surface area contributed by atoms with Crippen LogP contribution in [0.15, 0.2) is 24.3 Å². The first-order valence-corrected chi connectivity index (χ1v) is 6.21. The summed E-state index contributed by atoms with van der Waals surface area (Å²) in [5.74, 6) is 0.629. The molecule has 1 aromatic heterocycles. The van der Waals surface area contributed by atoms with Crippen molar-refractivity contribution in [3.63, 3.8) is 0 Å². The Morgan fingerprint density at radius 3 is 3.13 bits per heavy atom. The van der Waals surface area contributed by atoms with Gasteiger partial charge in [0.05, 0.1) is 0 Å². The number of aromatic nitrogens is 1. The number of benzene rings is 1. The topological polar surface area (TPSA) is 51.2 Å². The van der Waals surface area contributed by atoms with E-state index in [0.29, 0.717) is 12.4 Å². The SMILES string of the molecule is CCOC(=O)Nc1n[se]c2ccccc12. The minimum atomic E-state index is -0.441. The molecular formula is C10H10N2O2Se. The molecule has 1 N–H and O–H groups in total. The third-order valence-electron chi connectivity index (χ3n) is 1.87. The average molecular weight is 269 g/mol. The Balaban J connectivity index is 2.25. The van der Waals surface area contributed by atoms with Crippen molar-refractivity contribution in [1.29, 1.82) is 0 Å². The predicted octanol–water partition coefficient (Wildman–Crippen LogP) is 1.86. The van der Waals surface area contributed by atoms with E-state index >= 15 is 0 Å². The summed E-state index contributed by atoms with van der Waals surface area (Å²) in [6, 6.07) is 7.89. The number of nitrogens with one attached hydrogen (secondary N) is 1. The Bertz CT molecular complexity index is 481. The molecule has 0 aliphatic heterocycles. The third kappa shape index (κ3) is 2.19. The molecule has 0 aliphatic carbocycles. The van der Waals surface area contributed by atoms with E-state index in [-0.39, 0.29) is 14.7 Å². The van der Waals surface area contributed by atoms with Gasteiger partial charge in [0.2, 0.25) is 0 Å². The Labute approximate surface area is 93.2 Å². The fourth-order valence-corrected chi connectivity index (χ4v) is 2.78. The maximum atomic E-state index is 11.2. The standard InChI is InChI=1S/C10H10N2O2Se/c1-2-14-10(13)11-9-7-5-3-4-6-8(7)15-12-9/h3-6H,2H2,1H3,(H,11,12,13). The second-order valence-corrected chi connectivity index (χ2v) is 4.56. The second-order valence-electron chi connectivity index (χ2n) is 2.87. The molecule has 15 heavy (non-hydrogen) atoms. The van der Waals surface area contributed by atoms with E-state index in [2.05, 4.69) is 9.30 Å². The molecular weight excluding hydrogens is 259 g/mol. The summed E-state index contributed by atoms with van der Waals surface area (Å²) in [5.41, 5.74) is 0. The van der Waals surface area contributed by atoms with E-state index in [1.807, 2.05) is 24.3 Å². The zero-order valence-electron chi connectivity index (χ0n) is 8.19. The van der Waals surface area contributed by atoms with Gasteiger partial charge < -0.3 is 0 Å². The molecule has 1 aromatic carbocycles. The number of carbonyl (C=O) groups is 1. The van der Waals surface area contributed by atoms with E-state index in [1.54, 1.807) is 6.92 Å². The van der Waals surface area contributed by atoms with Crippen LogP contribution in [0.4, 0.5) is 10.6 Å². The van der Waals surface area contributed by atoms with Crippen molar-refractivity contribution in [2.75, 3.05) is 11.9 Å². The zero-order chi connectivity index (χ0) is 10.7. The summed E-state index contributed by atoms with van der Waals surface area (Å²) in [6.45, 7) is 2.14. The van der Waals surface area contributed by atoms with Crippen LogP contribution in [0.1, 0.15) is 6.92 Å². The third-order valence-corrected chi connectivity index (χ3v) is 3.61. The van der Waals surface area contributed by atoms with Crippen LogP contribution in [-0.4, -0.2) is 31.4 Å². The molecule has 78 valence electrons. The van der Waals surface area contributed by atoms with Crippen LogP contribution in [0.25, 0.3) is 9.65 Å². The van der Waals surface area contributed by atoms with E-state index in [9.17, 15) is 4.79 Å². The van der Waals surface area contributed by atoms with Crippen molar-refractivity contribution < 1.29 is 9.53 Å². The first kappa shape index (κ1) is 10.2. The number of hydrogen-bond donors (Lipinski definition) is 1. The van der Waals surface area contributed by atoms with Crippen LogP contribution >= 0.6 is 0 Å². The van der Waals surface area contributed by atoms with Crippen LogP contribution < -0.4 is 5.32 Å². The minimum absolute atomic E-state index is 0.0748. The summed E-state index contributed by atoms with van der Waals surface area (Å²) in [5, 5.41) is 3.65. The second kappa shape index (κ2) is 4.47. The quantitative estimate of drug-likeness (QED) is 0.847. The van der Waals surface area contributed by atoms with Crippen molar-refractivity contribution >= 4 is 36.3 Å². The van der Waals surface area contributed by atoms with Crippen molar-refractivity contribution in [3.8, 4) is 0 Å². The predicted molar refractivity (Wildman–Crippen MR) is 59.3 cm³/mol. The molecule has 0 saturated carbocycles. The van der Waals surface area contributed by atoms with E-state index in [1.165, 1.54) is 4.26 Å². The Hall–Kier alpha value is -1.32. The number of fused-ring (bicyclic) bond motifs is 1. The van der Waals surface area contributed by atoms with E-state index in [0.717, 1.165) is 5.39 Å². The van der Waals surface area contributed by atoms with Gasteiger partial charge in [0.15, 0.2) is 0 Å². The van der Waals surface area contributed by atoms with Crippen LogP contribution in [0.5, 0.6) is 0 Å². The normalized spacial score (nSPS) is 10.2. The van der Waals surface area contributed by atoms with Gasteiger partial charge in [0, 0.05) is 0 Å². The van der Waals surface area contributed by atoms with Crippen LogP contribution in [0.3, 0.4) is 0 Å². The van der Waals surface area contributed by atoms with Gasteiger partial charge >= 0.3 is 92.9 Å². The zero-order valence-corrected chi connectivity index (χ0v) is 9.90. The molecule has 0 spiro atoms. The van der Waals surface area contributed by atoms with Crippen LogP contribution in [0.2, 0.25) is 0 Å². The number of hydrogen-bond acceptors (Lipinski definition) is 3. The first-order chi connectivity index (χ1) is 7.31. The Kier molecular flexibility index (Phi) is 3.04. The van der Waals surface area contributed by atoms with Crippen molar-refractivity contribution in [3.05, 3.63) is 24.3 Å². The molecule has 0 bridgehead atoms. The Morgan fingerprint density at radius 1 is 1.53 bits per heavy atom. The molecule has 2 rings (SSSR count). The number of carbonyl (C=O) groups excluding carboxylic acids is 1. The van der Waals surface area contributed by atoms with Gasteiger partial charge in [-0.25, -0.2) is 0 Å². The number of anilines is 1. The molecule has 0 fully saturated rings. The van der Waals surface area contributed by atoms with E-state index in [4.69, 9.17) is 4.74 Å². The molecule has 0 atom stereocenters. The molecule has 0 saturated heterocycles. The number of amides is 1. The Morgan fingerprint density at radius 2 is 2.33 bits per heavy atom. The summed E-state index contributed by atoms with van der Waals surface area (Å²) in [4.78, 5) is 11.2. The number of rotatable bonds is 2. The summed E-state index contributed by atoms with van der Waals surface area (Å²) >= 11 is 0.0748. The summed E-state index contributed by atoms with van der Waals surface area (Å²) in [6.07, 6.45) is -0.441.